The van der Waals surface area contributed by atoms with Gasteiger partial charge in [-0.25, -0.2) is 4.79 Å². The third kappa shape index (κ3) is 2.90. The number of carboxylic acids is 1. The molecule has 1 rings (SSSR count). The quantitative estimate of drug-likeness (QED) is 0.814. The molecule has 0 aromatic heterocycles. The van der Waals surface area contributed by atoms with Gasteiger partial charge in [-0.1, -0.05) is 0 Å². The lowest BCUT2D eigenvalue weighted by molar-refractivity contribution is -0.153. The number of rotatable bonds is 4. The van der Waals surface area contributed by atoms with Gasteiger partial charge in [0, 0.05) is 13.0 Å². The zero-order valence-electron chi connectivity index (χ0n) is 9.97. The molecule has 2 unspecified atom stereocenters. The maximum atomic E-state index is 11.5. The van der Waals surface area contributed by atoms with Gasteiger partial charge in [0.05, 0.1) is 0 Å². The van der Waals surface area contributed by atoms with Crippen LogP contribution in [0.3, 0.4) is 0 Å². The average molecular weight is 245 g/mol. The fraction of sp³-hybridized carbons (Fsp3) is 0.818. The second-order valence-electron chi connectivity index (χ2n) is 4.43. The van der Waals surface area contributed by atoms with E-state index in [0.717, 1.165) is 17.9 Å². The average Bonchev–Trinajstić information content (AvgIpc) is 2.64. The first-order valence-corrected chi connectivity index (χ1v) is 6.70. The van der Waals surface area contributed by atoms with Crippen LogP contribution in [0.2, 0.25) is 0 Å². The Balaban J connectivity index is 2.89. The molecule has 0 aromatic rings. The summed E-state index contributed by atoms with van der Waals surface area (Å²) in [4.78, 5) is 24.4. The van der Waals surface area contributed by atoms with Gasteiger partial charge in [-0.15, -0.1) is 0 Å². The number of aliphatic carboxylic acids is 1. The molecule has 1 saturated heterocycles. The minimum absolute atomic E-state index is 0.0656. The van der Waals surface area contributed by atoms with E-state index in [1.54, 1.807) is 11.8 Å². The Morgan fingerprint density at radius 1 is 1.44 bits per heavy atom. The summed E-state index contributed by atoms with van der Waals surface area (Å²) >= 11 is 1.77. The number of nitrogens with zero attached hydrogens (tertiary/aromatic N) is 1. The zero-order chi connectivity index (χ0) is 12.3. The highest BCUT2D eigenvalue weighted by Gasteiger charge is 2.38. The van der Waals surface area contributed by atoms with Crippen LogP contribution in [-0.2, 0) is 9.59 Å². The van der Waals surface area contributed by atoms with E-state index in [0.29, 0.717) is 0 Å². The number of carboxylic acid groups (broad SMARTS) is 1. The zero-order valence-corrected chi connectivity index (χ0v) is 10.8. The number of amides is 1. The molecule has 1 aliphatic rings. The molecule has 4 nitrogen and oxygen atoms in total. The maximum absolute atomic E-state index is 11.5. The van der Waals surface area contributed by atoms with Gasteiger partial charge in [0.25, 0.3) is 0 Å². The third-order valence-electron chi connectivity index (χ3n) is 2.88. The molecular weight excluding hydrogens is 226 g/mol. The smallest absolute Gasteiger partial charge is 0.326 e. The largest absolute Gasteiger partial charge is 0.480 e. The van der Waals surface area contributed by atoms with Crippen molar-refractivity contribution in [3.05, 3.63) is 0 Å². The van der Waals surface area contributed by atoms with Gasteiger partial charge < -0.3 is 10.0 Å². The lowest BCUT2D eigenvalue weighted by atomic mass is 9.96. The summed E-state index contributed by atoms with van der Waals surface area (Å²) < 4.78 is 0. The molecule has 16 heavy (non-hydrogen) atoms. The van der Waals surface area contributed by atoms with Crippen LogP contribution in [-0.4, -0.2) is 45.5 Å². The van der Waals surface area contributed by atoms with Crippen molar-refractivity contribution in [1.82, 2.24) is 4.90 Å². The van der Waals surface area contributed by atoms with Gasteiger partial charge in [-0.2, -0.15) is 11.8 Å². The van der Waals surface area contributed by atoms with E-state index in [4.69, 9.17) is 0 Å². The van der Waals surface area contributed by atoms with E-state index in [2.05, 4.69) is 0 Å². The first kappa shape index (κ1) is 13.4. The predicted molar refractivity (Wildman–Crippen MR) is 64.5 cm³/mol. The van der Waals surface area contributed by atoms with Crippen molar-refractivity contribution in [3.63, 3.8) is 0 Å². The normalized spacial score (nSPS) is 22.1. The van der Waals surface area contributed by atoms with Gasteiger partial charge in [-0.05, 0) is 37.7 Å². The Bertz CT molecular complexity index is 274. The third-order valence-corrected chi connectivity index (χ3v) is 4.07. The van der Waals surface area contributed by atoms with Crippen molar-refractivity contribution >= 4 is 23.6 Å². The number of hydrogen-bond acceptors (Lipinski definition) is 3. The van der Waals surface area contributed by atoms with Crippen molar-refractivity contribution in [3.8, 4) is 0 Å². The first-order valence-electron chi connectivity index (χ1n) is 5.54. The molecule has 0 saturated carbocycles. The van der Waals surface area contributed by atoms with Crippen LogP contribution in [0.5, 0.6) is 0 Å². The Morgan fingerprint density at radius 3 is 2.38 bits per heavy atom. The van der Waals surface area contributed by atoms with E-state index < -0.39 is 12.0 Å². The molecule has 5 heteroatoms. The molecule has 0 radical (unpaired) electrons. The molecule has 92 valence electrons. The van der Waals surface area contributed by atoms with Gasteiger partial charge in [-0.3, -0.25) is 4.79 Å². The van der Waals surface area contributed by atoms with Crippen LogP contribution in [0.4, 0.5) is 0 Å². The SMILES string of the molecule is CC(=O)N(C(C)C)C(C(=O)O)C1CCSC1. The topological polar surface area (TPSA) is 57.6 Å². The van der Waals surface area contributed by atoms with Crippen LogP contribution in [0.25, 0.3) is 0 Å². The van der Waals surface area contributed by atoms with Crippen LogP contribution in [0, 0.1) is 5.92 Å². The molecule has 1 aliphatic heterocycles. The summed E-state index contributed by atoms with van der Waals surface area (Å²) in [5.74, 6) is 0.899. The lowest BCUT2D eigenvalue weighted by Gasteiger charge is -2.34. The Kier molecular flexibility index (Phi) is 4.65. The standard InChI is InChI=1S/C11H19NO3S/c1-7(2)12(8(3)13)10(11(14)15)9-4-5-16-6-9/h7,9-10H,4-6H2,1-3H3,(H,14,15). The molecule has 0 bridgehead atoms. The summed E-state index contributed by atoms with van der Waals surface area (Å²) in [6, 6.07) is -0.725. The van der Waals surface area contributed by atoms with Crippen molar-refractivity contribution in [2.24, 2.45) is 5.92 Å². The van der Waals surface area contributed by atoms with Crippen LogP contribution in [0.1, 0.15) is 27.2 Å². The molecule has 1 heterocycles. The molecule has 0 aliphatic carbocycles. The second kappa shape index (κ2) is 5.57. The Hall–Kier alpha value is -0.710. The van der Waals surface area contributed by atoms with Crippen LogP contribution in [0.15, 0.2) is 0 Å². The van der Waals surface area contributed by atoms with E-state index in [1.165, 1.54) is 11.8 Å². The highest BCUT2D eigenvalue weighted by molar-refractivity contribution is 7.99. The molecule has 1 fully saturated rings. The van der Waals surface area contributed by atoms with Crippen molar-refractivity contribution in [1.29, 1.82) is 0 Å². The highest BCUT2D eigenvalue weighted by Crippen LogP contribution is 2.30. The van der Waals surface area contributed by atoms with Gasteiger partial charge in [0.1, 0.15) is 6.04 Å². The lowest BCUT2D eigenvalue weighted by Crippen LogP contribution is -2.51. The van der Waals surface area contributed by atoms with Crippen molar-refractivity contribution in [2.45, 2.75) is 39.3 Å². The van der Waals surface area contributed by atoms with Crippen LogP contribution < -0.4 is 0 Å². The number of hydrogen-bond donors (Lipinski definition) is 1. The maximum Gasteiger partial charge on any atom is 0.326 e. The minimum Gasteiger partial charge on any atom is -0.480 e. The fourth-order valence-corrected chi connectivity index (χ4v) is 3.52. The van der Waals surface area contributed by atoms with Crippen molar-refractivity contribution < 1.29 is 14.7 Å². The Labute approximate surface area is 100 Å². The fourth-order valence-electron chi connectivity index (χ4n) is 2.23. The van der Waals surface area contributed by atoms with Gasteiger partial charge >= 0.3 is 5.97 Å². The summed E-state index contributed by atoms with van der Waals surface area (Å²) in [7, 11) is 0. The van der Waals surface area contributed by atoms with Gasteiger partial charge in [0.15, 0.2) is 0 Å². The summed E-state index contributed by atoms with van der Waals surface area (Å²) in [6.07, 6.45) is 0.887. The molecule has 0 spiro atoms. The van der Waals surface area contributed by atoms with E-state index >= 15 is 0 Å². The van der Waals surface area contributed by atoms with Crippen molar-refractivity contribution in [2.75, 3.05) is 11.5 Å². The summed E-state index contributed by atoms with van der Waals surface area (Å²) in [6.45, 7) is 5.16. The second-order valence-corrected chi connectivity index (χ2v) is 5.58. The molecule has 2 atom stereocenters. The predicted octanol–water partition coefficient (Wildman–Crippen LogP) is 1.45. The highest BCUT2D eigenvalue weighted by atomic mass is 32.2. The summed E-state index contributed by atoms with van der Waals surface area (Å²) in [5.41, 5.74) is 0. The molecule has 0 aromatic carbocycles. The molecular formula is C11H19NO3S. The molecule has 1 amide bonds. The van der Waals surface area contributed by atoms with E-state index in [1.807, 2.05) is 13.8 Å². The molecule has 1 N–H and O–H groups in total. The number of thioether (sulfide) groups is 1. The monoisotopic (exact) mass is 245 g/mol. The minimum atomic E-state index is -0.878. The van der Waals surface area contributed by atoms with E-state index in [-0.39, 0.29) is 17.9 Å². The van der Waals surface area contributed by atoms with Crippen LogP contribution >= 0.6 is 11.8 Å². The van der Waals surface area contributed by atoms with E-state index in [9.17, 15) is 14.7 Å². The Morgan fingerprint density at radius 2 is 2.06 bits per heavy atom. The van der Waals surface area contributed by atoms with Gasteiger partial charge in [0.2, 0.25) is 5.91 Å². The number of carbonyl (C=O) groups is 2. The first-order chi connectivity index (χ1) is 7.45. The number of carbonyl (C=O) groups excluding carboxylic acids is 1. The summed E-state index contributed by atoms with van der Waals surface area (Å²) in [5, 5.41) is 9.30.